The number of Topliss-reactive ketones (excluding diaryl/α,β-unsaturated/α-hetero) is 1. The zero-order valence-electron chi connectivity index (χ0n) is 6.11. The van der Waals surface area contributed by atoms with Gasteiger partial charge >= 0.3 is 0 Å². The summed E-state index contributed by atoms with van der Waals surface area (Å²) in [6, 6.07) is 1.40. The van der Waals surface area contributed by atoms with Crippen LogP contribution in [0.1, 0.15) is 16.8 Å². The van der Waals surface area contributed by atoms with Gasteiger partial charge in [0, 0.05) is 12.6 Å². The highest BCUT2D eigenvalue weighted by Gasteiger charge is 2.17. The summed E-state index contributed by atoms with van der Waals surface area (Å²) in [5, 5.41) is 2.19. The smallest absolute Gasteiger partial charge is 0.193 e. The third-order valence-corrected chi connectivity index (χ3v) is 2.43. The Morgan fingerprint density at radius 1 is 1.42 bits per heavy atom. The van der Waals surface area contributed by atoms with Crippen LogP contribution >= 0.6 is 11.3 Å². The standard InChI is InChI=1S/C8H5NO2S/c10-5-1-3-9-8-7(5)6(11)2-4-12-8/h2-4H,1H2. The first-order chi connectivity index (χ1) is 5.79. The van der Waals surface area contributed by atoms with Gasteiger partial charge in [-0.3, -0.25) is 9.59 Å². The zero-order chi connectivity index (χ0) is 8.55. The molecule has 60 valence electrons. The lowest BCUT2D eigenvalue weighted by Crippen LogP contribution is -2.15. The number of hydrogen-bond acceptors (Lipinski definition) is 4. The van der Waals surface area contributed by atoms with Gasteiger partial charge in [-0.15, -0.1) is 11.3 Å². The van der Waals surface area contributed by atoms with E-state index in [9.17, 15) is 9.59 Å². The van der Waals surface area contributed by atoms with E-state index < -0.39 is 0 Å². The molecule has 0 saturated carbocycles. The van der Waals surface area contributed by atoms with E-state index in [4.69, 9.17) is 0 Å². The van der Waals surface area contributed by atoms with Gasteiger partial charge in [0.2, 0.25) is 0 Å². The van der Waals surface area contributed by atoms with Gasteiger partial charge in [-0.1, -0.05) is 0 Å². The number of rotatable bonds is 0. The van der Waals surface area contributed by atoms with E-state index in [0.717, 1.165) is 0 Å². The van der Waals surface area contributed by atoms with Crippen LogP contribution in [-0.2, 0) is 0 Å². The minimum atomic E-state index is -0.217. The molecular weight excluding hydrogens is 174 g/mol. The van der Waals surface area contributed by atoms with Crippen LogP contribution in [0, 0.1) is 0 Å². The number of carbonyl (C=O) groups excluding carboxylic acids is 1. The molecule has 0 unspecified atom stereocenters. The Morgan fingerprint density at radius 2 is 2.25 bits per heavy atom. The highest BCUT2D eigenvalue weighted by atomic mass is 32.1. The molecule has 0 N–H and O–H groups in total. The molecule has 12 heavy (non-hydrogen) atoms. The minimum Gasteiger partial charge on any atom is -0.294 e. The van der Waals surface area contributed by atoms with Gasteiger partial charge in [0.15, 0.2) is 11.2 Å². The lowest BCUT2D eigenvalue weighted by atomic mass is 10.1. The third kappa shape index (κ3) is 1.00. The van der Waals surface area contributed by atoms with Crippen LogP contribution < -0.4 is 5.43 Å². The number of hydrogen-bond donors (Lipinski definition) is 0. The molecule has 0 bridgehead atoms. The number of ketones is 1. The number of fused-ring (bicyclic) bond motifs is 1. The van der Waals surface area contributed by atoms with Crippen LogP contribution in [0.25, 0.3) is 0 Å². The number of aliphatic imine (C=N–C) groups is 1. The summed E-state index contributed by atoms with van der Waals surface area (Å²) in [5.74, 6) is -0.123. The predicted molar refractivity (Wildman–Crippen MR) is 47.7 cm³/mol. The molecule has 0 amide bonds. The van der Waals surface area contributed by atoms with E-state index in [1.165, 1.54) is 17.4 Å². The van der Waals surface area contributed by atoms with Gasteiger partial charge in [-0.25, -0.2) is 4.99 Å². The van der Waals surface area contributed by atoms with Crippen molar-refractivity contribution in [2.45, 2.75) is 6.42 Å². The Hall–Kier alpha value is -1.29. The summed E-state index contributed by atoms with van der Waals surface area (Å²) in [5.41, 5.74) is 0.0376. The SMILES string of the molecule is O=C1CC=Nc2sccc(=O)c21. The molecule has 2 heterocycles. The Balaban J connectivity index is 2.79. The molecule has 1 aromatic heterocycles. The summed E-state index contributed by atoms with van der Waals surface area (Å²) in [6.07, 6.45) is 1.79. The molecule has 0 radical (unpaired) electrons. The average Bonchev–Trinajstić information content (AvgIpc) is 2.04. The Morgan fingerprint density at radius 3 is 3.00 bits per heavy atom. The molecule has 0 aromatic carbocycles. The highest BCUT2D eigenvalue weighted by molar-refractivity contribution is 7.13. The second-order valence-electron chi connectivity index (χ2n) is 2.40. The maximum absolute atomic E-state index is 11.2. The maximum atomic E-state index is 11.2. The highest BCUT2D eigenvalue weighted by Crippen LogP contribution is 2.24. The van der Waals surface area contributed by atoms with Crippen LogP contribution in [0.15, 0.2) is 21.2 Å². The summed E-state index contributed by atoms with van der Waals surface area (Å²) in [7, 11) is 0. The fraction of sp³-hybridized carbons (Fsp3) is 0.125. The van der Waals surface area contributed by atoms with Crippen molar-refractivity contribution >= 4 is 28.3 Å². The summed E-state index contributed by atoms with van der Waals surface area (Å²) < 4.78 is 0. The normalized spacial score (nSPS) is 14.5. The van der Waals surface area contributed by atoms with E-state index >= 15 is 0 Å². The molecule has 2 rings (SSSR count). The van der Waals surface area contributed by atoms with E-state index in [2.05, 4.69) is 4.99 Å². The largest absolute Gasteiger partial charge is 0.294 e. The minimum absolute atomic E-state index is 0.123. The van der Waals surface area contributed by atoms with Crippen molar-refractivity contribution in [1.82, 2.24) is 0 Å². The molecule has 4 heteroatoms. The Bertz CT molecular complexity index is 419. The van der Waals surface area contributed by atoms with Gasteiger partial charge in [-0.05, 0) is 11.4 Å². The van der Waals surface area contributed by atoms with Gasteiger partial charge in [0.25, 0.3) is 0 Å². The van der Waals surface area contributed by atoms with Crippen LogP contribution in [0.2, 0.25) is 0 Å². The zero-order valence-corrected chi connectivity index (χ0v) is 6.93. The van der Waals surface area contributed by atoms with E-state index in [1.54, 1.807) is 11.6 Å². The molecule has 1 aromatic rings. The molecule has 0 spiro atoms. The van der Waals surface area contributed by atoms with E-state index in [-0.39, 0.29) is 23.2 Å². The fourth-order valence-electron chi connectivity index (χ4n) is 1.07. The predicted octanol–water partition coefficient (Wildman–Crippen LogP) is 1.40. The average molecular weight is 179 g/mol. The quantitative estimate of drug-likeness (QED) is 0.604. The van der Waals surface area contributed by atoms with Crippen LogP contribution in [-0.4, -0.2) is 12.0 Å². The van der Waals surface area contributed by atoms with Crippen molar-refractivity contribution in [3.63, 3.8) is 0 Å². The van der Waals surface area contributed by atoms with Crippen LogP contribution in [0.5, 0.6) is 0 Å². The summed E-state index contributed by atoms with van der Waals surface area (Å²) >= 11 is 1.31. The Kier molecular flexibility index (Phi) is 1.62. The molecule has 0 aliphatic carbocycles. The fourth-order valence-corrected chi connectivity index (χ4v) is 1.86. The molecule has 0 saturated heterocycles. The molecule has 1 aliphatic heterocycles. The number of nitrogens with zero attached hydrogens (tertiary/aromatic N) is 1. The van der Waals surface area contributed by atoms with Crippen LogP contribution in [0.4, 0.5) is 5.00 Å². The second-order valence-corrected chi connectivity index (χ2v) is 3.30. The van der Waals surface area contributed by atoms with Crippen molar-refractivity contribution in [1.29, 1.82) is 0 Å². The maximum Gasteiger partial charge on any atom is 0.193 e. The van der Waals surface area contributed by atoms with E-state index in [0.29, 0.717) is 5.00 Å². The molecule has 0 atom stereocenters. The third-order valence-electron chi connectivity index (χ3n) is 1.62. The van der Waals surface area contributed by atoms with E-state index in [1.807, 2.05) is 0 Å². The first-order valence-electron chi connectivity index (χ1n) is 3.46. The van der Waals surface area contributed by atoms with Crippen molar-refractivity contribution in [2.75, 3.05) is 0 Å². The molecule has 0 fully saturated rings. The summed E-state index contributed by atoms with van der Waals surface area (Å²) in [4.78, 5) is 26.4. The van der Waals surface area contributed by atoms with Gasteiger partial charge in [-0.2, -0.15) is 0 Å². The topological polar surface area (TPSA) is 46.5 Å². The lowest BCUT2D eigenvalue weighted by molar-refractivity contribution is 0.100. The Labute approximate surface area is 72.4 Å². The van der Waals surface area contributed by atoms with Crippen molar-refractivity contribution in [2.24, 2.45) is 4.99 Å². The van der Waals surface area contributed by atoms with Crippen LogP contribution in [0.3, 0.4) is 0 Å². The van der Waals surface area contributed by atoms with Gasteiger partial charge in [0.05, 0.1) is 0 Å². The number of carbonyl (C=O) groups is 1. The monoisotopic (exact) mass is 179 g/mol. The first kappa shape index (κ1) is 7.36. The van der Waals surface area contributed by atoms with Gasteiger partial charge < -0.3 is 0 Å². The van der Waals surface area contributed by atoms with Crippen molar-refractivity contribution < 1.29 is 4.79 Å². The second kappa shape index (κ2) is 2.64. The summed E-state index contributed by atoms with van der Waals surface area (Å²) in [6.45, 7) is 0. The van der Waals surface area contributed by atoms with Gasteiger partial charge in [0.1, 0.15) is 10.6 Å². The van der Waals surface area contributed by atoms with Crippen molar-refractivity contribution in [3.05, 3.63) is 27.2 Å². The lowest BCUT2D eigenvalue weighted by Gasteiger charge is -2.04. The van der Waals surface area contributed by atoms with Crippen molar-refractivity contribution in [3.8, 4) is 0 Å². The molecule has 1 aliphatic rings. The molecular formula is C8H5NO2S. The molecule has 3 nitrogen and oxygen atoms in total. The first-order valence-corrected chi connectivity index (χ1v) is 4.34.